The second kappa shape index (κ2) is 4.97. The van der Waals surface area contributed by atoms with E-state index in [1.165, 1.54) is 0 Å². The number of hydrogen-bond donors (Lipinski definition) is 1. The predicted octanol–water partition coefficient (Wildman–Crippen LogP) is 1.01. The Bertz CT molecular complexity index is 293. The number of ether oxygens (including phenoxy) is 2. The molecule has 0 radical (unpaired) electrons. The lowest BCUT2D eigenvalue weighted by atomic mass is 9.75. The van der Waals surface area contributed by atoms with Crippen LogP contribution in [0.4, 0.5) is 0 Å². The summed E-state index contributed by atoms with van der Waals surface area (Å²) in [7, 11) is 0. The summed E-state index contributed by atoms with van der Waals surface area (Å²) in [6.45, 7) is 2.27. The van der Waals surface area contributed by atoms with Gasteiger partial charge in [0.15, 0.2) is 5.76 Å². The Morgan fingerprint density at radius 2 is 2.12 bits per heavy atom. The maximum absolute atomic E-state index is 12.4. The first-order chi connectivity index (χ1) is 7.78. The van der Waals surface area contributed by atoms with E-state index < -0.39 is 5.41 Å². The van der Waals surface area contributed by atoms with Crippen LogP contribution in [0.5, 0.6) is 0 Å². The Morgan fingerprint density at radius 1 is 1.38 bits per heavy atom. The zero-order chi connectivity index (χ0) is 11.4. The van der Waals surface area contributed by atoms with Gasteiger partial charge in [0.25, 0.3) is 0 Å². The summed E-state index contributed by atoms with van der Waals surface area (Å²) in [6.07, 6.45) is 5.25. The molecule has 0 aromatic rings. The molecule has 1 saturated heterocycles. The molecule has 4 heteroatoms. The van der Waals surface area contributed by atoms with Gasteiger partial charge in [-0.1, -0.05) is 0 Å². The molecule has 90 valence electrons. The number of hydrogen-bond acceptors (Lipinski definition) is 4. The minimum absolute atomic E-state index is 0.0815. The van der Waals surface area contributed by atoms with Gasteiger partial charge in [-0.25, -0.2) is 0 Å². The first-order valence-electron chi connectivity index (χ1n) is 5.94. The molecule has 0 saturated carbocycles. The van der Waals surface area contributed by atoms with E-state index in [0.29, 0.717) is 45.0 Å². The molecule has 0 amide bonds. The van der Waals surface area contributed by atoms with Gasteiger partial charge in [0, 0.05) is 19.8 Å². The van der Waals surface area contributed by atoms with E-state index in [1.54, 1.807) is 0 Å². The van der Waals surface area contributed by atoms with E-state index in [1.807, 2.05) is 6.08 Å². The van der Waals surface area contributed by atoms with Crippen molar-refractivity contribution in [1.29, 1.82) is 0 Å². The molecule has 0 aromatic carbocycles. The standard InChI is InChI=1S/C12H19NO3/c13-9-12(4-7-15-8-5-12)11(14)10-3-1-2-6-16-10/h3H,1-2,4-9,13H2. The molecule has 0 spiro atoms. The third-order valence-corrected chi connectivity index (χ3v) is 3.48. The van der Waals surface area contributed by atoms with E-state index in [0.717, 1.165) is 12.8 Å². The van der Waals surface area contributed by atoms with E-state index >= 15 is 0 Å². The molecule has 2 aliphatic heterocycles. The molecule has 0 bridgehead atoms. The average molecular weight is 225 g/mol. The van der Waals surface area contributed by atoms with Gasteiger partial charge in [-0.05, 0) is 31.8 Å². The molecular formula is C12H19NO3. The Labute approximate surface area is 95.8 Å². The van der Waals surface area contributed by atoms with Crippen molar-refractivity contribution in [2.24, 2.45) is 11.1 Å². The monoisotopic (exact) mass is 225 g/mol. The molecule has 1 fully saturated rings. The van der Waals surface area contributed by atoms with Gasteiger partial charge in [-0.3, -0.25) is 4.79 Å². The summed E-state index contributed by atoms with van der Waals surface area (Å²) >= 11 is 0. The molecule has 0 unspecified atom stereocenters. The summed E-state index contributed by atoms with van der Waals surface area (Å²) in [4.78, 5) is 12.4. The number of allylic oxidation sites excluding steroid dienone is 2. The molecule has 16 heavy (non-hydrogen) atoms. The average Bonchev–Trinajstić information content (AvgIpc) is 2.39. The van der Waals surface area contributed by atoms with Crippen LogP contribution < -0.4 is 5.73 Å². The van der Waals surface area contributed by atoms with E-state index in [4.69, 9.17) is 15.2 Å². The highest BCUT2D eigenvalue weighted by atomic mass is 16.5. The van der Waals surface area contributed by atoms with Crippen LogP contribution in [0.25, 0.3) is 0 Å². The van der Waals surface area contributed by atoms with Crippen LogP contribution in [-0.4, -0.2) is 32.1 Å². The van der Waals surface area contributed by atoms with Crippen molar-refractivity contribution in [3.05, 3.63) is 11.8 Å². The number of carbonyl (C=O) groups excluding carboxylic acids is 1. The zero-order valence-electron chi connectivity index (χ0n) is 9.54. The van der Waals surface area contributed by atoms with Crippen LogP contribution in [0.1, 0.15) is 25.7 Å². The van der Waals surface area contributed by atoms with Gasteiger partial charge >= 0.3 is 0 Å². The maximum atomic E-state index is 12.4. The molecule has 2 N–H and O–H groups in total. The summed E-state index contributed by atoms with van der Waals surface area (Å²) in [5.74, 6) is 0.608. The number of Topliss-reactive ketones (excluding diaryl/α,β-unsaturated/α-hetero) is 1. The van der Waals surface area contributed by atoms with E-state index in [9.17, 15) is 4.79 Å². The fourth-order valence-electron chi connectivity index (χ4n) is 2.26. The number of rotatable bonds is 3. The van der Waals surface area contributed by atoms with Gasteiger partial charge in [0.05, 0.1) is 12.0 Å². The van der Waals surface area contributed by atoms with Crippen molar-refractivity contribution < 1.29 is 14.3 Å². The van der Waals surface area contributed by atoms with Gasteiger partial charge < -0.3 is 15.2 Å². The maximum Gasteiger partial charge on any atom is 0.204 e. The van der Waals surface area contributed by atoms with Crippen molar-refractivity contribution in [1.82, 2.24) is 0 Å². The minimum atomic E-state index is -0.443. The highest BCUT2D eigenvalue weighted by Crippen LogP contribution is 2.34. The van der Waals surface area contributed by atoms with Gasteiger partial charge in [0.1, 0.15) is 0 Å². The Morgan fingerprint density at radius 3 is 2.69 bits per heavy atom. The molecule has 0 aromatic heterocycles. The highest BCUT2D eigenvalue weighted by Gasteiger charge is 2.41. The highest BCUT2D eigenvalue weighted by molar-refractivity contribution is 5.98. The Kier molecular flexibility index (Phi) is 3.61. The predicted molar refractivity (Wildman–Crippen MR) is 59.8 cm³/mol. The number of nitrogens with two attached hydrogens (primary N) is 1. The van der Waals surface area contributed by atoms with Crippen molar-refractivity contribution in [2.75, 3.05) is 26.4 Å². The lowest BCUT2D eigenvalue weighted by Crippen LogP contribution is -2.44. The van der Waals surface area contributed by atoms with Crippen LogP contribution in [0.15, 0.2) is 11.8 Å². The van der Waals surface area contributed by atoms with Crippen LogP contribution >= 0.6 is 0 Å². The summed E-state index contributed by atoms with van der Waals surface area (Å²) in [5.41, 5.74) is 5.34. The van der Waals surface area contributed by atoms with Crippen LogP contribution in [-0.2, 0) is 14.3 Å². The largest absolute Gasteiger partial charge is 0.490 e. The van der Waals surface area contributed by atoms with Gasteiger partial charge in [0.2, 0.25) is 5.78 Å². The van der Waals surface area contributed by atoms with Crippen molar-refractivity contribution in [2.45, 2.75) is 25.7 Å². The third kappa shape index (κ3) is 2.13. The second-order valence-electron chi connectivity index (χ2n) is 4.49. The van der Waals surface area contributed by atoms with Gasteiger partial charge in [-0.2, -0.15) is 0 Å². The number of carbonyl (C=O) groups is 1. The molecule has 2 rings (SSSR count). The van der Waals surface area contributed by atoms with E-state index in [-0.39, 0.29) is 5.78 Å². The van der Waals surface area contributed by atoms with Crippen molar-refractivity contribution in [3.63, 3.8) is 0 Å². The zero-order valence-corrected chi connectivity index (χ0v) is 9.54. The molecule has 0 aliphatic carbocycles. The topological polar surface area (TPSA) is 61.6 Å². The van der Waals surface area contributed by atoms with Crippen molar-refractivity contribution in [3.8, 4) is 0 Å². The molecule has 4 nitrogen and oxygen atoms in total. The quantitative estimate of drug-likeness (QED) is 0.778. The van der Waals surface area contributed by atoms with Crippen LogP contribution in [0, 0.1) is 5.41 Å². The molecule has 0 atom stereocenters. The van der Waals surface area contributed by atoms with Crippen LogP contribution in [0.3, 0.4) is 0 Å². The smallest absolute Gasteiger partial charge is 0.204 e. The summed E-state index contributed by atoms with van der Waals surface area (Å²) < 4.78 is 10.7. The van der Waals surface area contributed by atoms with Crippen LogP contribution in [0.2, 0.25) is 0 Å². The normalized spacial score (nSPS) is 24.4. The molecule has 2 aliphatic rings. The molecule has 2 heterocycles. The lowest BCUT2D eigenvalue weighted by molar-refractivity contribution is -0.133. The first-order valence-corrected chi connectivity index (χ1v) is 5.94. The third-order valence-electron chi connectivity index (χ3n) is 3.48. The second-order valence-corrected chi connectivity index (χ2v) is 4.49. The summed E-state index contributed by atoms with van der Waals surface area (Å²) in [5, 5.41) is 0. The van der Waals surface area contributed by atoms with Crippen molar-refractivity contribution >= 4 is 5.78 Å². The molecular weight excluding hydrogens is 206 g/mol. The van der Waals surface area contributed by atoms with Gasteiger partial charge in [-0.15, -0.1) is 0 Å². The Hall–Kier alpha value is -0.870. The minimum Gasteiger partial charge on any atom is -0.490 e. The first kappa shape index (κ1) is 11.6. The lowest BCUT2D eigenvalue weighted by Gasteiger charge is -2.35. The fourth-order valence-corrected chi connectivity index (χ4v) is 2.26. The summed E-state index contributed by atoms with van der Waals surface area (Å²) in [6, 6.07) is 0. The van der Waals surface area contributed by atoms with E-state index in [2.05, 4.69) is 0 Å². The Balaban J connectivity index is 2.13. The SMILES string of the molecule is NCC1(C(=O)C2=CCCCO2)CCOCC1. The fraction of sp³-hybridized carbons (Fsp3) is 0.750. The number of ketones is 1.